The molecule has 2 aliphatic heterocycles. The zero-order valence-electron chi connectivity index (χ0n) is 14.8. The molecule has 5 atom stereocenters. The van der Waals surface area contributed by atoms with Crippen LogP contribution in [0.2, 0.25) is 0 Å². The molecule has 0 saturated carbocycles. The number of benzene rings is 1. The molecule has 0 aliphatic carbocycles. The fourth-order valence-electron chi connectivity index (χ4n) is 3.75. The zero-order valence-corrected chi connectivity index (χ0v) is 14.8. The summed E-state index contributed by atoms with van der Waals surface area (Å²) in [4.78, 5) is 22.7. The highest BCUT2D eigenvalue weighted by Crippen LogP contribution is 2.35. The van der Waals surface area contributed by atoms with Crippen LogP contribution in [0.15, 0.2) is 41.5 Å². The van der Waals surface area contributed by atoms with E-state index in [9.17, 15) is 9.90 Å². The summed E-state index contributed by atoms with van der Waals surface area (Å²) in [7, 11) is 0. The van der Waals surface area contributed by atoms with Gasteiger partial charge in [-0.05, 0) is 0 Å². The number of imidazole rings is 1. The lowest BCUT2D eigenvalue weighted by Gasteiger charge is -2.45. The van der Waals surface area contributed by atoms with Gasteiger partial charge in [0.1, 0.15) is 18.3 Å². The van der Waals surface area contributed by atoms with E-state index in [1.807, 2.05) is 30.3 Å². The molecule has 10 heteroatoms. The first kappa shape index (κ1) is 17.3. The topological polar surface area (TPSA) is 138 Å². The molecule has 0 unspecified atom stereocenters. The first-order chi connectivity index (χ1) is 13.6. The van der Waals surface area contributed by atoms with E-state index in [1.165, 1.54) is 6.33 Å². The lowest BCUT2D eigenvalue weighted by molar-refractivity contribution is -0.306. The number of aliphatic hydroxyl groups is 1. The predicted octanol–water partition coefficient (Wildman–Crippen LogP) is 0.117. The third-order valence-electron chi connectivity index (χ3n) is 5.15. The van der Waals surface area contributed by atoms with Crippen molar-refractivity contribution in [2.24, 2.45) is 0 Å². The van der Waals surface area contributed by atoms with Gasteiger partial charge in [0.25, 0.3) is 5.56 Å². The van der Waals surface area contributed by atoms with E-state index in [0.29, 0.717) is 12.3 Å². The highest BCUT2D eigenvalue weighted by molar-refractivity contribution is 5.70. The van der Waals surface area contributed by atoms with Crippen molar-refractivity contribution in [3.05, 3.63) is 52.6 Å². The molecule has 4 N–H and O–H groups in total. The number of hydrogen-bond donors (Lipinski definition) is 3. The SMILES string of the molecule is Nc1nc2c(ncn2[C@@H]2CO[C@@H]3CO[C@@H](c4ccccc4)O[C@H]3[C@@H]2O)c(=O)[nH]1. The molecule has 0 bridgehead atoms. The van der Waals surface area contributed by atoms with Crippen LogP contribution in [0.4, 0.5) is 5.95 Å². The number of aliphatic hydroxyl groups excluding tert-OH is 1. The largest absolute Gasteiger partial charge is 0.388 e. The molecule has 0 amide bonds. The van der Waals surface area contributed by atoms with E-state index < -0.39 is 30.1 Å². The Morgan fingerprint density at radius 3 is 2.86 bits per heavy atom. The minimum atomic E-state index is -0.909. The lowest BCUT2D eigenvalue weighted by Crippen LogP contribution is -2.56. The number of anilines is 1. The second-order valence-electron chi connectivity index (χ2n) is 6.88. The van der Waals surface area contributed by atoms with Gasteiger partial charge in [-0.2, -0.15) is 4.98 Å². The van der Waals surface area contributed by atoms with Crippen LogP contribution < -0.4 is 11.3 Å². The molecule has 4 heterocycles. The molecule has 2 saturated heterocycles. The molecule has 0 spiro atoms. The number of aromatic amines is 1. The summed E-state index contributed by atoms with van der Waals surface area (Å²) in [6.45, 7) is 0.508. The Balaban J connectivity index is 1.45. The molecule has 2 aliphatic rings. The number of nitrogens with two attached hydrogens (primary N) is 1. The van der Waals surface area contributed by atoms with E-state index in [0.717, 1.165) is 5.56 Å². The van der Waals surface area contributed by atoms with Crippen LogP contribution in [-0.2, 0) is 14.2 Å². The number of rotatable bonds is 2. The number of nitrogens with one attached hydrogen (secondary N) is 1. The first-order valence-corrected chi connectivity index (χ1v) is 8.96. The summed E-state index contributed by atoms with van der Waals surface area (Å²) in [5.74, 6) is -0.0187. The molecule has 2 aromatic heterocycles. The smallest absolute Gasteiger partial charge is 0.280 e. The van der Waals surface area contributed by atoms with Crippen molar-refractivity contribution in [1.29, 1.82) is 0 Å². The van der Waals surface area contributed by atoms with Gasteiger partial charge in [0.15, 0.2) is 17.5 Å². The molecule has 10 nitrogen and oxygen atoms in total. The molecule has 0 radical (unpaired) electrons. The third-order valence-corrected chi connectivity index (χ3v) is 5.15. The van der Waals surface area contributed by atoms with Crippen LogP contribution in [-0.4, -0.2) is 56.2 Å². The fourth-order valence-corrected chi connectivity index (χ4v) is 3.75. The number of aromatic nitrogens is 4. The van der Waals surface area contributed by atoms with Gasteiger partial charge < -0.3 is 29.6 Å². The van der Waals surface area contributed by atoms with Gasteiger partial charge in [0, 0.05) is 5.56 Å². The average Bonchev–Trinajstić information content (AvgIpc) is 3.13. The van der Waals surface area contributed by atoms with E-state index in [-0.39, 0.29) is 24.2 Å². The number of hydrogen-bond acceptors (Lipinski definition) is 8. The summed E-state index contributed by atoms with van der Waals surface area (Å²) < 4.78 is 19.3. The third kappa shape index (κ3) is 2.78. The molecule has 5 rings (SSSR count). The van der Waals surface area contributed by atoms with Gasteiger partial charge in [0.05, 0.1) is 25.6 Å². The molecular formula is C18H19N5O5. The van der Waals surface area contributed by atoms with E-state index in [4.69, 9.17) is 19.9 Å². The number of fused-ring (bicyclic) bond motifs is 2. The van der Waals surface area contributed by atoms with E-state index in [2.05, 4.69) is 15.0 Å². The van der Waals surface area contributed by atoms with Crippen LogP contribution >= 0.6 is 0 Å². The standard InChI is InChI=1S/C18H19N5O5/c19-18-21-15-12(16(25)22-18)20-8-23(15)10-6-26-11-7-27-17(28-14(11)13(10)24)9-4-2-1-3-5-9/h1-5,8,10-11,13-14,17,24H,6-7H2,(H3,19,21,22,25)/t10-,11-,13-,14-,17-/m1/s1. The number of nitrogen functional groups attached to an aromatic ring is 1. The molecule has 2 fully saturated rings. The average molecular weight is 385 g/mol. The van der Waals surface area contributed by atoms with Crippen molar-refractivity contribution in [3.8, 4) is 0 Å². The van der Waals surface area contributed by atoms with Crippen molar-refractivity contribution >= 4 is 17.1 Å². The maximum absolute atomic E-state index is 12.0. The van der Waals surface area contributed by atoms with Crippen molar-refractivity contribution in [3.63, 3.8) is 0 Å². The highest BCUT2D eigenvalue weighted by atomic mass is 16.7. The molecule has 146 valence electrons. The fraction of sp³-hybridized carbons (Fsp3) is 0.389. The van der Waals surface area contributed by atoms with Crippen molar-refractivity contribution in [1.82, 2.24) is 19.5 Å². The normalized spacial score (nSPS) is 30.2. The van der Waals surface area contributed by atoms with Gasteiger partial charge in [-0.25, -0.2) is 4.98 Å². The zero-order chi connectivity index (χ0) is 19.3. The Bertz CT molecular complexity index is 1050. The lowest BCUT2D eigenvalue weighted by atomic mass is 9.97. The first-order valence-electron chi connectivity index (χ1n) is 8.96. The monoisotopic (exact) mass is 385 g/mol. The molecule has 1 aromatic carbocycles. The quantitative estimate of drug-likeness (QED) is 0.565. The molecule has 3 aromatic rings. The summed E-state index contributed by atoms with van der Waals surface area (Å²) in [6.07, 6.45) is -1.03. The van der Waals surface area contributed by atoms with Crippen LogP contribution in [0.1, 0.15) is 17.9 Å². The Labute approximate surface area is 158 Å². The summed E-state index contributed by atoms with van der Waals surface area (Å²) in [5.41, 5.74) is 6.54. The minimum absolute atomic E-state index is 0.0187. The van der Waals surface area contributed by atoms with Gasteiger partial charge in [-0.1, -0.05) is 30.3 Å². The Morgan fingerprint density at radius 1 is 1.21 bits per heavy atom. The second kappa shape index (κ2) is 6.67. The second-order valence-corrected chi connectivity index (χ2v) is 6.88. The van der Waals surface area contributed by atoms with Crippen molar-refractivity contribution in [2.45, 2.75) is 30.6 Å². The van der Waals surface area contributed by atoms with Gasteiger partial charge >= 0.3 is 0 Å². The summed E-state index contributed by atoms with van der Waals surface area (Å²) in [6, 6.07) is 8.98. The molecule has 28 heavy (non-hydrogen) atoms. The maximum Gasteiger partial charge on any atom is 0.280 e. The minimum Gasteiger partial charge on any atom is -0.388 e. The number of H-pyrrole nitrogens is 1. The van der Waals surface area contributed by atoms with Crippen molar-refractivity contribution in [2.75, 3.05) is 18.9 Å². The van der Waals surface area contributed by atoms with Crippen LogP contribution in [0.5, 0.6) is 0 Å². The maximum atomic E-state index is 12.0. The summed E-state index contributed by atoms with van der Waals surface area (Å²) >= 11 is 0. The highest BCUT2D eigenvalue weighted by Gasteiger charge is 2.46. The van der Waals surface area contributed by atoms with Gasteiger partial charge in [-0.3, -0.25) is 9.78 Å². The number of nitrogens with zero attached hydrogens (tertiary/aromatic N) is 3. The van der Waals surface area contributed by atoms with Crippen molar-refractivity contribution < 1.29 is 19.3 Å². The predicted molar refractivity (Wildman–Crippen MR) is 97.4 cm³/mol. The van der Waals surface area contributed by atoms with Gasteiger partial charge in [-0.15, -0.1) is 0 Å². The van der Waals surface area contributed by atoms with Crippen LogP contribution in [0, 0.1) is 0 Å². The Hall–Kier alpha value is -2.79. The van der Waals surface area contributed by atoms with Gasteiger partial charge in [0.2, 0.25) is 5.95 Å². The number of ether oxygens (including phenoxy) is 3. The van der Waals surface area contributed by atoms with Crippen LogP contribution in [0.25, 0.3) is 11.2 Å². The Morgan fingerprint density at radius 2 is 2.04 bits per heavy atom. The van der Waals surface area contributed by atoms with E-state index in [1.54, 1.807) is 4.57 Å². The van der Waals surface area contributed by atoms with Crippen LogP contribution in [0.3, 0.4) is 0 Å². The summed E-state index contributed by atoms with van der Waals surface area (Å²) in [5, 5.41) is 11.0. The molecular weight excluding hydrogens is 366 g/mol. The Kier molecular flexibility index (Phi) is 4.13. The van der Waals surface area contributed by atoms with E-state index >= 15 is 0 Å².